The number of piperazine rings is 1. The van der Waals surface area contributed by atoms with Gasteiger partial charge in [0.25, 0.3) is 5.56 Å². The predicted octanol–water partition coefficient (Wildman–Crippen LogP) is 1.12. The van der Waals surface area contributed by atoms with Gasteiger partial charge in [0.05, 0.1) is 36.1 Å². The number of fused-ring (bicyclic) bond motifs is 2. The summed E-state index contributed by atoms with van der Waals surface area (Å²) in [5.74, 6) is 0.924. The minimum Gasteiger partial charge on any atom is -0.376 e. The van der Waals surface area contributed by atoms with Gasteiger partial charge in [0.15, 0.2) is 5.82 Å². The molecule has 1 saturated heterocycles. The third kappa shape index (κ3) is 2.99. The van der Waals surface area contributed by atoms with E-state index >= 15 is 0 Å². The van der Waals surface area contributed by atoms with E-state index in [2.05, 4.69) is 31.0 Å². The predicted molar refractivity (Wildman–Crippen MR) is 107 cm³/mol. The van der Waals surface area contributed by atoms with Gasteiger partial charge in [-0.1, -0.05) is 0 Å². The lowest BCUT2D eigenvalue weighted by atomic mass is 10.1. The van der Waals surface area contributed by atoms with E-state index in [1.165, 1.54) is 4.57 Å². The van der Waals surface area contributed by atoms with Crippen molar-refractivity contribution in [1.29, 1.82) is 0 Å². The summed E-state index contributed by atoms with van der Waals surface area (Å²) in [6, 6.07) is 8.01. The smallest absolute Gasteiger partial charge is 0.260 e. The Kier molecular flexibility index (Phi) is 4.20. The number of ether oxygens (including phenoxy) is 1. The molecule has 5 rings (SSSR count). The second-order valence-electron chi connectivity index (χ2n) is 7.31. The molecule has 0 atom stereocenters. The number of aromatic nitrogens is 4. The molecule has 2 aliphatic heterocycles. The fourth-order valence-electron chi connectivity index (χ4n) is 3.87. The van der Waals surface area contributed by atoms with Gasteiger partial charge in [-0.15, -0.1) is 5.10 Å². The Balaban J connectivity index is 1.32. The molecule has 0 bridgehead atoms. The Morgan fingerprint density at radius 3 is 2.71 bits per heavy atom. The monoisotopic (exact) mass is 378 g/mol. The SMILES string of the molecule is Cn1cnc2cc(N3CCN(c4cc5c(nn4)CCOC5)CC3)ccc2c1=O. The maximum absolute atomic E-state index is 12.2. The first-order valence-corrected chi connectivity index (χ1v) is 9.57. The molecule has 0 amide bonds. The molecule has 2 aromatic heterocycles. The summed E-state index contributed by atoms with van der Waals surface area (Å²) in [5.41, 5.74) is 4.03. The van der Waals surface area contributed by atoms with Crippen LogP contribution < -0.4 is 15.4 Å². The van der Waals surface area contributed by atoms with Crippen LogP contribution in [0.3, 0.4) is 0 Å². The van der Waals surface area contributed by atoms with Crippen molar-refractivity contribution in [2.45, 2.75) is 13.0 Å². The lowest BCUT2D eigenvalue weighted by Crippen LogP contribution is -2.47. The van der Waals surface area contributed by atoms with E-state index in [1.807, 2.05) is 18.2 Å². The molecule has 0 spiro atoms. The molecule has 0 radical (unpaired) electrons. The molecule has 28 heavy (non-hydrogen) atoms. The van der Waals surface area contributed by atoms with Gasteiger partial charge in [0.1, 0.15) is 0 Å². The van der Waals surface area contributed by atoms with E-state index in [0.29, 0.717) is 12.0 Å². The van der Waals surface area contributed by atoms with Crippen LogP contribution in [0, 0.1) is 0 Å². The van der Waals surface area contributed by atoms with E-state index in [9.17, 15) is 4.79 Å². The van der Waals surface area contributed by atoms with Gasteiger partial charge < -0.3 is 19.1 Å². The van der Waals surface area contributed by atoms with E-state index in [-0.39, 0.29) is 5.56 Å². The van der Waals surface area contributed by atoms with E-state index in [4.69, 9.17) is 4.74 Å². The fraction of sp³-hybridized carbons (Fsp3) is 0.400. The molecule has 1 aromatic carbocycles. The summed E-state index contributed by atoms with van der Waals surface area (Å²) in [4.78, 5) is 21.2. The minimum absolute atomic E-state index is 0.0173. The maximum Gasteiger partial charge on any atom is 0.260 e. The van der Waals surface area contributed by atoms with Gasteiger partial charge in [-0.2, -0.15) is 5.10 Å². The molecule has 0 aliphatic carbocycles. The van der Waals surface area contributed by atoms with Crippen LogP contribution in [-0.4, -0.2) is 52.5 Å². The molecular weight excluding hydrogens is 356 g/mol. The van der Waals surface area contributed by atoms with Gasteiger partial charge in [0, 0.05) is 50.9 Å². The van der Waals surface area contributed by atoms with Gasteiger partial charge in [-0.25, -0.2) is 4.98 Å². The lowest BCUT2D eigenvalue weighted by Gasteiger charge is -2.36. The molecule has 144 valence electrons. The number of rotatable bonds is 2. The number of hydrogen-bond donors (Lipinski definition) is 0. The summed E-state index contributed by atoms with van der Waals surface area (Å²) in [6.45, 7) is 4.86. The Morgan fingerprint density at radius 1 is 1.04 bits per heavy atom. The molecule has 8 nitrogen and oxygen atoms in total. The number of aryl methyl sites for hydroxylation is 1. The van der Waals surface area contributed by atoms with Crippen LogP contribution in [-0.2, 0) is 24.8 Å². The molecule has 0 saturated carbocycles. The first kappa shape index (κ1) is 17.1. The molecule has 0 N–H and O–H groups in total. The molecule has 3 aromatic rings. The summed E-state index contributed by atoms with van der Waals surface area (Å²) < 4.78 is 7.05. The average molecular weight is 378 g/mol. The topological polar surface area (TPSA) is 76.4 Å². The van der Waals surface area contributed by atoms with Crippen LogP contribution in [0.5, 0.6) is 0 Å². The van der Waals surface area contributed by atoms with Crippen molar-refractivity contribution in [1.82, 2.24) is 19.7 Å². The van der Waals surface area contributed by atoms with Crippen LogP contribution in [0.4, 0.5) is 11.5 Å². The largest absolute Gasteiger partial charge is 0.376 e. The van der Waals surface area contributed by atoms with Gasteiger partial charge >= 0.3 is 0 Å². The first-order valence-electron chi connectivity index (χ1n) is 9.57. The summed E-state index contributed by atoms with van der Waals surface area (Å²) in [7, 11) is 1.72. The van der Waals surface area contributed by atoms with Crippen LogP contribution >= 0.6 is 0 Å². The highest BCUT2D eigenvalue weighted by Crippen LogP contribution is 2.23. The van der Waals surface area contributed by atoms with Crippen molar-refractivity contribution in [2.24, 2.45) is 7.05 Å². The van der Waals surface area contributed by atoms with Gasteiger partial charge in [0.2, 0.25) is 0 Å². The van der Waals surface area contributed by atoms with E-state index in [0.717, 1.165) is 67.5 Å². The minimum atomic E-state index is -0.0173. The van der Waals surface area contributed by atoms with Crippen molar-refractivity contribution >= 4 is 22.4 Å². The van der Waals surface area contributed by atoms with Crippen molar-refractivity contribution in [2.75, 3.05) is 42.6 Å². The molecule has 4 heterocycles. The van der Waals surface area contributed by atoms with Gasteiger partial charge in [-0.3, -0.25) is 4.79 Å². The zero-order valence-electron chi connectivity index (χ0n) is 15.8. The molecule has 0 unspecified atom stereocenters. The van der Waals surface area contributed by atoms with Crippen molar-refractivity contribution < 1.29 is 4.74 Å². The third-order valence-electron chi connectivity index (χ3n) is 5.56. The highest BCUT2D eigenvalue weighted by molar-refractivity contribution is 5.81. The van der Waals surface area contributed by atoms with E-state index in [1.54, 1.807) is 13.4 Å². The van der Waals surface area contributed by atoms with Crippen LogP contribution in [0.1, 0.15) is 11.3 Å². The zero-order chi connectivity index (χ0) is 19.1. The number of hydrogen-bond acceptors (Lipinski definition) is 7. The lowest BCUT2D eigenvalue weighted by molar-refractivity contribution is 0.109. The van der Waals surface area contributed by atoms with Crippen molar-refractivity contribution in [3.63, 3.8) is 0 Å². The highest BCUT2D eigenvalue weighted by Gasteiger charge is 2.21. The second kappa shape index (κ2) is 6.87. The highest BCUT2D eigenvalue weighted by atomic mass is 16.5. The maximum atomic E-state index is 12.2. The van der Waals surface area contributed by atoms with Crippen molar-refractivity contribution in [3.8, 4) is 0 Å². The molecular formula is C20H22N6O2. The Hall–Kier alpha value is -3.00. The summed E-state index contributed by atoms with van der Waals surface area (Å²) in [6.07, 6.45) is 2.42. The normalized spacial score (nSPS) is 17.0. The average Bonchev–Trinajstić information content (AvgIpc) is 2.76. The van der Waals surface area contributed by atoms with Crippen LogP contribution in [0.15, 0.2) is 35.4 Å². The van der Waals surface area contributed by atoms with Crippen LogP contribution in [0.2, 0.25) is 0 Å². The second-order valence-corrected chi connectivity index (χ2v) is 7.31. The first-order chi connectivity index (χ1) is 13.7. The fourth-order valence-corrected chi connectivity index (χ4v) is 3.87. The number of benzene rings is 1. The van der Waals surface area contributed by atoms with Crippen molar-refractivity contribution in [3.05, 3.63) is 52.2 Å². The third-order valence-corrected chi connectivity index (χ3v) is 5.56. The zero-order valence-corrected chi connectivity index (χ0v) is 15.8. The summed E-state index contributed by atoms with van der Waals surface area (Å²) in [5, 5.41) is 9.47. The van der Waals surface area contributed by atoms with E-state index < -0.39 is 0 Å². The Labute approximate surface area is 162 Å². The summed E-state index contributed by atoms with van der Waals surface area (Å²) >= 11 is 0. The Bertz CT molecular complexity index is 1090. The Morgan fingerprint density at radius 2 is 1.86 bits per heavy atom. The number of nitrogens with zero attached hydrogens (tertiary/aromatic N) is 6. The van der Waals surface area contributed by atoms with Crippen LogP contribution in [0.25, 0.3) is 10.9 Å². The number of anilines is 2. The molecule has 2 aliphatic rings. The molecule has 8 heteroatoms. The standard InChI is InChI=1S/C20H22N6O2/c1-24-13-21-18-11-15(2-3-16(18)20(24)27)25-5-7-26(8-6-25)19-10-14-12-28-9-4-17(14)22-23-19/h2-3,10-11,13H,4-9,12H2,1H3. The molecule has 1 fully saturated rings. The van der Waals surface area contributed by atoms with Gasteiger partial charge in [-0.05, 0) is 24.3 Å². The quantitative estimate of drug-likeness (QED) is 0.661.